The fraction of sp³-hybridized carbons (Fsp3) is 0.393. The molecule has 0 aromatic carbocycles. The highest BCUT2D eigenvalue weighted by Gasteiger charge is 2.42. The van der Waals surface area contributed by atoms with Gasteiger partial charge in [-0.15, -0.1) is 0 Å². The number of allylic oxidation sites excluding steroid dienone is 4. The molecule has 6 rings (SSSR count). The summed E-state index contributed by atoms with van der Waals surface area (Å²) in [6.07, 6.45) is 10.5. The molecule has 10 nitrogen and oxygen atoms in total. The number of hydrogen-bond donors (Lipinski definition) is 1. The molecule has 2 aromatic rings. The summed E-state index contributed by atoms with van der Waals surface area (Å²) in [5.74, 6) is 0.615. The second-order valence-corrected chi connectivity index (χ2v) is 9.93. The lowest BCUT2D eigenvalue weighted by molar-refractivity contribution is -0.0613. The highest BCUT2D eigenvalue weighted by Crippen LogP contribution is 2.34. The molecule has 3 atom stereocenters. The Hall–Kier alpha value is -3.96. The summed E-state index contributed by atoms with van der Waals surface area (Å²) in [7, 11) is 1.47. The molecule has 1 N–H and O–H groups in total. The predicted molar refractivity (Wildman–Crippen MR) is 137 cm³/mol. The van der Waals surface area contributed by atoms with E-state index in [2.05, 4.69) is 16.0 Å². The van der Waals surface area contributed by atoms with Crippen LogP contribution in [0, 0.1) is 11.7 Å². The standard InChI is InChI=1S/C28H29FN4O6/c1-36-24-8-7-20-27(31-24)26(19(29)11-30-20)21(34)13-32-10-9-18-12-33(28(35)39-22(18)14-32)25-16-37-15-23(38-25)17-5-3-2-4-6-17/h2-3,5,7-8,11,15-16,18,21-22,34H,4,6,9-10,12-14H2,1H3/t18-,21-,22+/m0/s1. The van der Waals surface area contributed by atoms with Crippen molar-refractivity contribution in [2.24, 2.45) is 5.92 Å². The fourth-order valence-electron chi connectivity index (χ4n) is 5.41. The number of β-amino-alcohol motifs (C(OH)–C–C–N with tert-alkyl or cyclic N) is 1. The van der Waals surface area contributed by atoms with Crippen molar-refractivity contribution in [3.63, 3.8) is 0 Å². The second kappa shape index (κ2) is 10.7. The Balaban J connectivity index is 1.11. The van der Waals surface area contributed by atoms with Gasteiger partial charge >= 0.3 is 6.09 Å². The predicted octanol–water partition coefficient (Wildman–Crippen LogP) is 3.92. The van der Waals surface area contributed by atoms with Gasteiger partial charge in [-0.1, -0.05) is 18.2 Å². The zero-order valence-electron chi connectivity index (χ0n) is 21.5. The van der Waals surface area contributed by atoms with E-state index in [-0.39, 0.29) is 29.6 Å². The van der Waals surface area contributed by atoms with Crippen LogP contribution in [0.2, 0.25) is 0 Å². The molecule has 0 radical (unpaired) electrons. The maximum atomic E-state index is 14.8. The van der Waals surface area contributed by atoms with Crippen LogP contribution in [0.3, 0.4) is 0 Å². The van der Waals surface area contributed by atoms with Crippen LogP contribution in [0.25, 0.3) is 11.0 Å². The molecule has 0 unspecified atom stereocenters. The van der Waals surface area contributed by atoms with Crippen LogP contribution in [-0.2, 0) is 14.2 Å². The van der Waals surface area contributed by atoms with Gasteiger partial charge in [0.25, 0.3) is 0 Å². The number of piperidine rings is 1. The summed E-state index contributed by atoms with van der Waals surface area (Å²) in [6.45, 7) is 1.64. The summed E-state index contributed by atoms with van der Waals surface area (Å²) >= 11 is 0. The largest absolute Gasteiger partial charge is 0.481 e. The molecule has 3 aliphatic heterocycles. The number of aliphatic hydroxyl groups is 1. The molecule has 1 aliphatic carbocycles. The molecule has 2 saturated heterocycles. The average molecular weight is 537 g/mol. The number of pyridine rings is 2. The molecule has 0 saturated carbocycles. The van der Waals surface area contributed by atoms with E-state index in [1.165, 1.54) is 24.5 Å². The fourth-order valence-corrected chi connectivity index (χ4v) is 5.41. The van der Waals surface area contributed by atoms with Crippen molar-refractivity contribution in [1.29, 1.82) is 0 Å². The van der Waals surface area contributed by atoms with E-state index >= 15 is 0 Å². The Bertz CT molecular complexity index is 1410. The van der Waals surface area contributed by atoms with Crippen molar-refractivity contribution >= 4 is 17.1 Å². The third kappa shape index (κ3) is 5.07. The zero-order chi connectivity index (χ0) is 26.9. The molecule has 0 bridgehead atoms. The van der Waals surface area contributed by atoms with Gasteiger partial charge in [-0.2, -0.15) is 0 Å². The number of fused-ring (bicyclic) bond motifs is 2. The number of hydrogen-bond acceptors (Lipinski definition) is 9. The van der Waals surface area contributed by atoms with E-state index in [4.69, 9.17) is 18.9 Å². The van der Waals surface area contributed by atoms with Gasteiger partial charge in [-0.3, -0.25) is 9.88 Å². The number of methoxy groups -OCH3 is 1. The molecule has 204 valence electrons. The molecule has 0 spiro atoms. The average Bonchev–Trinajstić information content (AvgIpc) is 2.96. The van der Waals surface area contributed by atoms with Crippen LogP contribution in [0.4, 0.5) is 9.18 Å². The van der Waals surface area contributed by atoms with Crippen LogP contribution in [0.15, 0.2) is 66.3 Å². The van der Waals surface area contributed by atoms with Crippen LogP contribution in [-0.4, -0.2) is 70.4 Å². The SMILES string of the molecule is COc1ccc2ncc(F)c([C@@H](O)CN3CC[C@H]4CN(C5=COC=C(C6=CC=CCC6)O5)C(=O)O[C@@H]4C3)c2n1. The topological polar surface area (TPSA) is 106 Å². The third-order valence-electron chi connectivity index (χ3n) is 7.48. The Labute approximate surface area is 224 Å². The zero-order valence-corrected chi connectivity index (χ0v) is 21.5. The molecule has 39 heavy (non-hydrogen) atoms. The van der Waals surface area contributed by atoms with Gasteiger partial charge < -0.3 is 24.1 Å². The monoisotopic (exact) mass is 536 g/mol. The lowest BCUT2D eigenvalue weighted by Crippen LogP contribution is -2.56. The van der Waals surface area contributed by atoms with Crippen molar-refractivity contribution in [2.45, 2.75) is 31.5 Å². The maximum Gasteiger partial charge on any atom is 0.417 e. The first-order valence-electron chi connectivity index (χ1n) is 13.0. The maximum absolute atomic E-state index is 14.8. The van der Waals surface area contributed by atoms with Crippen molar-refractivity contribution in [2.75, 3.05) is 33.3 Å². The second-order valence-electron chi connectivity index (χ2n) is 9.93. The summed E-state index contributed by atoms with van der Waals surface area (Å²) in [5.41, 5.74) is 1.79. The Morgan fingerprint density at radius 3 is 3.00 bits per heavy atom. The summed E-state index contributed by atoms with van der Waals surface area (Å²) in [6, 6.07) is 3.31. The van der Waals surface area contributed by atoms with Gasteiger partial charge in [-0.25, -0.2) is 19.1 Å². The van der Waals surface area contributed by atoms with E-state index in [0.29, 0.717) is 42.7 Å². The number of halogens is 1. The number of rotatable bonds is 6. The normalized spacial score (nSPS) is 24.0. The van der Waals surface area contributed by atoms with Gasteiger partial charge in [0.2, 0.25) is 11.8 Å². The smallest absolute Gasteiger partial charge is 0.417 e. The molecule has 5 heterocycles. The minimum atomic E-state index is -1.16. The quantitative estimate of drug-likeness (QED) is 0.588. The van der Waals surface area contributed by atoms with Crippen molar-refractivity contribution < 1.29 is 33.2 Å². The van der Waals surface area contributed by atoms with Gasteiger partial charge in [-0.05, 0) is 37.4 Å². The van der Waals surface area contributed by atoms with E-state index in [1.54, 1.807) is 12.1 Å². The highest BCUT2D eigenvalue weighted by molar-refractivity contribution is 5.78. The summed E-state index contributed by atoms with van der Waals surface area (Å²) in [4.78, 5) is 24.8. The highest BCUT2D eigenvalue weighted by atomic mass is 19.1. The van der Waals surface area contributed by atoms with E-state index in [9.17, 15) is 14.3 Å². The van der Waals surface area contributed by atoms with Crippen LogP contribution < -0.4 is 4.74 Å². The van der Waals surface area contributed by atoms with Crippen LogP contribution in [0.1, 0.15) is 30.9 Å². The van der Waals surface area contributed by atoms with Crippen molar-refractivity contribution in [3.05, 3.63) is 77.7 Å². The number of ether oxygens (including phenoxy) is 4. The van der Waals surface area contributed by atoms with Gasteiger partial charge in [0.15, 0.2) is 12.0 Å². The molecule has 2 aromatic heterocycles. The first kappa shape index (κ1) is 25.3. The minimum absolute atomic E-state index is 0.0659. The van der Waals surface area contributed by atoms with Crippen molar-refractivity contribution in [3.8, 4) is 5.88 Å². The first-order valence-corrected chi connectivity index (χ1v) is 13.0. The third-order valence-corrected chi connectivity index (χ3v) is 7.48. The van der Waals surface area contributed by atoms with Gasteiger partial charge in [0.1, 0.15) is 23.7 Å². The number of aromatic nitrogens is 2. The van der Waals surface area contributed by atoms with Gasteiger partial charge in [0.05, 0.1) is 24.9 Å². The van der Waals surface area contributed by atoms with E-state index in [0.717, 1.165) is 31.0 Å². The Kier molecular flexibility index (Phi) is 6.92. The van der Waals surface area contributed by atoms with E-state index < -0.39 is 18.0 Å². The Morgan fingerprint density at radius 1 is 1.28 bits per heavy atom. The molecular weight excluding hydrogens is 507 g/mol. The number of nitrogens with zero attached hydrogens (tertiary/aromatic N) is 4. The molecular formula is C28H29FN4O6. The van der Waals surface area contributed by atoms with Crippen LogP contribution >= 0.6 is 0 Å². The summed E-state index contributed by atoms with van der Waals surface area (Å²) in [5, 5.41) is 11.0. The van der Waals surface area contributed by atoms with Crippen LogP contribution in [0.5, 0.6) is 5.88 Å². The number of aliphatic hydroxyl groups excluding tert-OH is 1. The first-order chi connectivity index (χ1) is 19.0. The molecule has 1 amide bonds. The lowest BCUT2D eigenvalue weighted by Gasteiger charge is -2.44. The number of carbonyl (C=O) groups is 1. The molecule has 11 heteroatoms. The van der Waals surface area contributed by atoms with Gasteiger partial charge in [0, 0.05) is 37.2 Å². The number of likely N-dealkylation sites (tertiary alicyclic amines) is 1. The number of carbonyl (C=O) groups excluding carboxylic acids is 1. The number of amides is 1. The summed E-state index contributed by atoms with van der Waals surface area (Å²) < 4.78 is 37.3. The lowest BCUT2D eigenvalue weighted by atomic mass is 9.91. The Morgan fingerprint density at radius 2 is 2.18 bits per heavy atom. The minimum Gasteiger partial charge on any atom is -0.481 e. The van der Waals surface area contributed by atoms with Crippen molar-refractivity contribution in [1.82, 2.24) is 19.8 Å². The molecule has 2 fully saturated rings. The van der Waals surface area contributed by atoms with E-state index in [1.807, 2.05) is 17.1 Å². The molecule has 4 aliphatic rings.